The molecule has 0 amide bonds. The molecule has 0 spiro atoms. The molecule has 0 aliphatic heterocycles. The van der Waals surface area contributed by atoms with Crippen LogP contribution in [-0.2, 0) is 6.54 Å². The van der Waals surface area contributed by atoms with Crippen molar-refractivity contribution >= 4 is 0 Å². The molecule has 0 radical (unpaired) electrons. The predicted octanol–water partition coefficient (Wildman–Crippen LogP) is 3.31. The van der Waals surface area contributed by atoms with Crippen LogP contribution in [0.15, 0.2) is 24.5 Å². The smallest absolute Gasteiger partial charge is 0.0216 e. The van der Waals surface area contributed by atoms with Crippen LogP contribution in [0.25, 0.3) is 0 Å². The summed E-state index contributed by atoms with van der Waals surface area (Å²) in [5.41, 5.74) is 0. The lowest BCUT2D eigenvalue weighted by Crippen LogP contribution is -1.89. The van der Waals surface area contributed by atoms with Gasteiger partial charge in [0, 0.05) is 18.9 Å². The second-order valence-corrected chi connectivity index (χ2v) is 2.63. The third kappa shape index (κ3) is 5.71. The normalized spacial score (nSPS) is 8.64. The van der Waals surface area contributed by atoms with Crippen LogP contribution in [0.5, 0.6) is 0 Å². The summed E-state index contributed by atoms with van der Waals surface area (Å²) in [7, 11) is 0. The van der Waals surface area contributed by atoms with Crippen molar-refractivity contribution in [1.82, 2.24) is 4.57 Å². The minimum Gasteiger partial charge on any atom is -0.354 e. The molecule has 0 fully saturated rings. The standard InChI is InChI=1S/C7H11N.C3H8/c1-2-5-8-6-3-4-7-8;1-3-2/h3-4,6-7H,2,5H2,1H3;3H2,1-2H3. The summed E-state index contributed by atoms with van der Waals surface area (Å²) in [5, 5.41) is 0. The zero-order chi connectivity index (χ0) is 8.53. The monoisotopic (exact) mass is 153 g/mol. The largest absolute Gasteiger partial charge is 0.354 e. The Morgan fingerprint density at radius 3 is 1.82 bits per heavy atom. The van der Waals surface area contributed by atoms with Gasteiger partial charge in [-0.2, -0.15) is 0 Å². The van der Waals surface area contributed by atoms with Crippen LogP contribution < -0.4 is 0 Å². The summed E-state index contributed by atoms with van der Waals surface area (Å²) in [5.74, 6) is 0. The van der Waals surface area contributed by atoms with Gasteiger partial charge in [0.1, 0.15) is 0 Å². The van der Waals surface area contributed by atoms with Gasteiger partial charge in [-0.1, -0.05) is 27.2 Å². The maximum Gasteiger partial charge on any atom is 0.0216 e. The Kier molecular flexibility index (Phi) is 6.90. The Bertz CT molecular complexity index is 142. The lowest BCUT2D eigenvalue weighted by atomic mass is 10.5. The summed E-state index contributed by atoms with van der Waals surface area (Å²) in [4.78, 5) is 0. The average Bonchev–Trinajstić information content (AvgIpc) is 2.42. The zero-order valence-corrected chi connectivity index (χ0v) is 7.88. The van der Waals surface area contributed by atoms with Crippen molar-refractivity contribution in [3.63, 3.8) is 0 Å². The average molecular weight is 153 g/mol. The van der Waals surface area contributed by atoms with E-state index in [1.54, 1.807) is 0 Å². The highest BCUT2D eigenvalue weighted by Crippen LogP contribution is 1.90. The van der Waals surface area contributed by atoms with Crippen molar-refractivity contribution < 1.29 is 0 Å². The number of rotatable bonds is 2. The predicted molar refractivity (Wildman–Crippen MR) is 50.7 cm³/mol. The Balaban J connectivity index is 0.000000292. The molecule has 1 heteroatoms. The van der Waals surface area contributed by atoms with Gasteiger partial charge < -0.3 is 4.57 Å². The first-order valence-corrected chi connectivity index (χ1v) is 4.45. The number of nitrogens with zero attached hydrogens (tertiary/aromatic N) is 1. The van der Waals surface area contributed by atoms with E-state index in [0.717, 1.165) is 6.54 Å². The molecule has 1 nitrogen and oxygen atoms in total. The Labute approximate surface area is 70.0 Å². The molecule has 1 rings (SSSR count). The summed E-state index contributed by atoms with van der Waals surface area (Å²) in [6.07, 6.45) is 6.64. The molecule has 0 saturated carbocycles. The zero-order valence-electron chi connectivity index (χ0n) is 7.88. The second kappa shape index (κ2) is 7.39. The second-order valence-electron chi connectivity index (χ2n) is 2.63. The summed E-state index contributed by atoms with van der Waals surface area (Å²) < 4.78 is 2.18. The fourth-order valence-corrected chi connectivity index (χ4v) is 0.777. The molecule has 0 aliphatic rings. The number of hydrogen-bond donors (Lipinski definition) is 0. The fourth-order valence-electron chi connectivity index (χ4n) is 0.777. The molecule has 1 aromatic rings. The third-order valence-corrected chi connectivity index (χ3v) is 1.15. The minimum atomic E-state index is 1.15. The molecule has 0 saturated heterocycles. The van der Waals surface area contributed by atoms with Crippen LogP contribution in [0.3, 0.4) is 0 Å². The lowest BCUT2D eigenvalue weighted by Gasteiger charge is -1.94. The quantitative estimate of drug-likeness (QED) is 0.614. The Morgan fingerprint density at radius 1 is 1.00 bits per heavy atom. The first-order valence-electron chi connectivity index (χ1n) is 4.45. The Hall–Kier alpha value is -0.720. The first kappa shape index (κ1) is 10.3. The highest BCUT2D eigenvalue weighted by atomic mass is 14.9. The van der Waals surface area contributed by atoms with Crippen LogP contribution in [0.1, 0.15) is 33.6 Å². The van der Waals surface area contributed by atoms with Crippen molar-refractivity contribution in [2.75, 3.05) is 0 Å². The molecule has 0 atom stereocenters. The topological polar surface area (TPSA) is 4.93 Å². The van der Waals surface area contributed by atoms with Crippen molar-refractivity contribution in [3.8, 4) is 0 Å². The van der Waals surface area contributed by atoms with E-state index in [2.05, 4.69) is 49.9 Å². The molecule has 1 aromatic heterocycles. The number of hydrogen-bond acceptors (Lipinski definition) is 0. The van der Waals surface area contributed by atoms with Crippen molar-refractivity contribution in [3.05, 3.63) is 24.5 Å². The number of aromatic nitrogens is 1. The van der Waals surface area contributed by atoms with Gasteiger partial charge in [0.2, 0.25) is 0 Å². The van der Waals surface area contributed by atoms with E-state index in [4.69, 9.17) is 0 Å². The SMILES string of the molecule is CCC.CCCn1cccc1. The lowest BCUT2D eigenvalue weighted by molar-refractivity contribution is 0.683. The van der Waals surface area contributed by atoms with Crippen molar-refractivity contribution in [1.29, 1.82) is 0 Å². The number of aryl methyl sites for hydroxylation is 1. The molecule has 0 unspecified atom stereocenters. The molecule has 0 aromatic carbocycles. The van der Waals surface area contributed by atoms with Gasteiger partial charge in [0.25, 0.3) is 0 Å². The first-order chi connectivity index (χ1) is 5.35. The fraction of sp³-hybridized carbons (Fsp3) is 0.600. The molecular formula is C10H19N. The van der Waals surface area contributed by atoms with Gasteiger partial charge in [-0.15, -0.1) is 0 Å². The van der Waals surface area contributed by atoms with Crippen molar-refractivity contribution in [2.45, 2.75) is 40.2 Å². The molecular weight excluding hydrogens is 134 g/mol. The maximum absolute atomic E-state index is 2.18. The van der Waals surface area contributed by atoms with Gasteiger partial charge in [0.15, 0.2) is 0 Å². The molecule has 64 valence electrons. The van der Waals surface area contributed by atoms with E-state index < -0.39 is 0 Å². The van der Waals surface area contributed by atoms with E-state index in [1.807, 2.05) is 0 Å². The van der Waals surface area contributed by atoms with Gasteiger partial charge in [-0.05, 0) is 18.6 Å². The third-order valence-electron chi connectivity index (χ3n) is 1.15. The highest BCUT2D eigenvalue weighted by molar-refractivity contribution is 4.89. The van der Waals surface area contributed by atoms with Crippen LogP contribution >= 0.6 is 0 Å². The van der Waals surface area contributed by atoms with Gasteiger partial charge in [-0.3, -0.25) is 0 Å². The van der Waals surface area contributed by atoms with Crippen LogP contribution in [0, 0.1) is 0 Å². The van der Waals surface area contributed by atoms with E-state index >= 15 is 0 Å². The molecule has 0 N–H and O–H groups in total. The minimum absolute atomic E-state index is 1.15. The molecule has 1 heterocycles. The van der Waals surface area contributed by atoms with E-state index in [1.165, 1.54) is 12.8 Å². The van der Waals surface area contributed by atoms with Gasteiger partial charge in [0.05, 0.1) is 0 Å². The van der Waals surface area contributed by atoms with Crippen LogP contribution in [0.4, 0.5) is 0 Å². The van der Waals surface area contributed by atoms with E-state index in [0.29, 0.717) is 0 Å². The Morgan fingerprint density at radius 2 is 1.45 bits per heavy atom. The van der Waals surface area contributed by atoms with Crippen LogP contribution in [0.2, 0.25) is 0 Å². The molecule has 0 bridgehead atoms. The highest BCUT2D eigenvalue weighted by Gasteiger charge is 1.80. The summed E-state index contributed by atoms with van der Waals surface area (Å²) in [6.45, 7) is 7.58. The van der Waals surface area contributed by atoms with Gasteiger partial charge >= 0.3 is 0 Å². The van der Waals surface area contributed by atoms with Crippen molar-refractivity contribution in [2.24, 2.45) is 0 Å². The van der Waals surface area contributed by atoms with E-state index in [-0.39, 0.29) is 0 Å². The molecule has 11 heavy (non-hydrogen) atoms. The molecule has 0 aliphatic carbocycles. The summed E-state index contributed by atoms with van der Waals surface area (Å²) >= 11 is 0. The van der Waals surface area contributed by atoms with E-state index in [9.17, 15) is 0 Å². The maximum atomic E-state index is 2.18. The van der Waals surface area contributed by atoms with Gasteiger partial charge in [-0.25, -0.2) is 0 Å². The summed E-state index contributed by atoms with van der Waals surface area (Å²) in [6, 6.07) is 4.10. The van der Waals surface area contributed by atoms with Crippen LogP contribution in [-0.4, -0.2) is 4.57 Å².